The Morgan fingerprint density at radius 2 is 1.46 bits per heavy atom. The monoisotopic (exact) mass is 617 g/mol. The second-order valence-corrected chi connectivity index (χ2v) is 12.9. The Bertz CT molecular complexity index is 1390. The van der Waals surface area contributed by atoms with E-state index in [0.717, 1.165) is 23.8 Å². The van der Waals surface area contributed by atoms with Gasteiger partial charge < -0.3 is 10.2 Å². The zero-order valence-electron chi connectivity index (χ0n) is 23.6. The van der Waals surface area contributed by atoms with Crippen molar-refractivity contribution in [3.63, 3.8) is 0 Å². The minimum Gasteiger partial charge on any atom is -0.352 e. The highest BCUT2D eigenvalue weighted by Crippen LogP contribution is 2.22. The average Bonchev–Trinajstić information content (AvgIpc) is 2.94. The highest BCUT2D eigenvalue weighted by atomic mass is 35.5. The summed E-state index contributed by atoms with van der Waals surface area (Å²) in [6, 6.07) is 22.4. The van der Waals surface area contributed by atoms with Crippen LogP contribution in [-0.2, 0) is 32.6 Å². The van der Waals surface area contributed by atoms with Gasteiger partial charge in [0.15, 0.2) is 0 Å². The van der Waals surface area contributed by atoms with Crippen LogP contribution in [0.3, 0.4) is 0 Å². The molecule has 10 heteroatoms. The van der Waals surface area contributed by atoms with Crippen molar-refractivity contribution < 1.29 is 18.0 Å². The highest BCUT2D eigenvalue weighted by Gasteiger charge is 2.31. The summed E-state index contributed by atoms with van der Waals surface area (Å²) in [7, 11) is -3.60. The fraction of sp³-hybridized carbons (Fsp3) is 0.355. The van der Waals surface area contributed by atoms with Gasteiger partial charge in [-0.25, -0.2) is 8.42 Å². The maximum Gasteiger partial charge on any atom is 0.243 e. The van der Waals surface area contributed by atoms with Crippen LogP contribution in [0.4, 0.5) is 5.69 Å². The van der Waals surface area contributed by atoms with Crippen molar-refractivity contribution in [1.29, 1.82) is 0 Å². The molecule has 0 spiro atoms. The van der Waals surface area contributed by atoms with Crippen molar-refractivity contribution >= 4 is 50.7 Å². The maximum absolute atomic E-state index is 13.9. The van der Waals surface area contributed by atoms with E-state index in [9.17, 15) is 18.0 Å². The zero-order valence-corrected chi connectivity index (χ0v) is 25.9. The van der Waals surface area contributed by atoms with Crippen molar-refractivity contribution in [3.8, 4) is 0 Å². The van der Waals surface area contributed by atoms with Crippen LogP contribution < -0.4 is 9.62 Å². The Kier molecular flexibility index (Phi) is 12.1. The van der Waals surface area contributed by atoms with E-state index in [-0.39, 0.29) is 43.8 Å². The molecule has 2 amide bonds. The van der Waals surface area contributed by atoms with Crippen molar-refractivity contribution in [2.24, 2.45) is 0 Å². The summed E-state index contributed by atoms with van der Waals surface area (Å²) >= 11 is 12.1. The number of nitrogens with zero attached hydrogens (tertiary/aromatic N) is 2. The lowest BCUT2D eigenvalue weighted by Gasteiger charge is -2.32. The molecule has 0 bridgehead atoms. The smallest absolute Gasteiger partial charge is 0.243 e. The number of halogens is 2. The summed E-state index contributed by atoms with van der Waals surface area (Å²) in [5, 5.41) is 4.12. The van der Waals surface area contributed by atoms with E-state index in [4.69, 9.17) is 23.2 Å². The number of hydrogen-bond donors (Lipinski definition) is 1. The van der Waals surface area contributed by atoms with E-state index in [0.29, 0.717) is 22.2 Å². The maximum atomic E-state index is 13.9. The Labute approximate surface area is 253 Å². The molecule has 3 rings (SSSR count). The third-order valence-electron chi connectivity index (χ3n) is 6.81. The zero-order chi connectivity index (χ0) is 30.0. The van der Waals surface area contributed by atoms with Crippen molar-refractivity contribution in [2.75, 3.05) is 17.1 Å². The quantitative estimate of drug-likeness (QED) is 0.237. The van der Waals surface area contributed by atoms with Gasteiger partial charge in [0.05, 0.1) is 11.9 Å². The molecule has 1 N–H and O–H groups in total. The van der Waals surface area contributed by atoms with Crippen LogP contribution in [0.25, 0.3) is 0 Å². The molecule has 0 radical (unpaired) electrons. The van der Waals surface area contributed by atoms with Crippen molar-refractivity contribution in [3.05, 3.63) is 100 Å². The molecule has 2 atom stereocenters. The summed E-state index contributed by atoms with van der Waals surface area (Å²) in [4.78, 5) is 29.1. The lowest BCUT2D eigenvalue weighted by Crippen LogP contribution is -2.52. The Morgan fingerprint density at radius 1 is 0.878 bits per heavy atom. The Morgan fingerprint density at radius 3 is 2.02 bits per heavy atom. The number of sulfonamides is 1. The van der Waals surface area contributed by atoms with E-state index in [1.165, 1.54) is 4.31 Å². The second kappa shape index (κ2) is 15.2. The minimum atomic E-state index is -3.60. The highest BCUT2D eigenvalue weighted by molar-refractivity contribution is 7.92. The molecule has 3 aromatic carbocycles. The molecule has 0 aliphatic heterocycles. The van der Waals surface area contributed by atoms with Crippen molar-refractivity contribution in [2.45, 2.75) is 58.2 Å². The molecule has 2 unspecified atom stereocenters. The number of anilines is 1. The number of nitrogens with one attached hydrogen (secondary N) is 1. The first-order chi connectivity index (χ1) is 19.5. The molecule has 41 heavy (non-hydrogen) atoms. The molecule has 0 heterocycles. The number of carbonyl (C=O) groups is 2. The van der Waals surface area contributed by atoms with Gasteiger partial charge in [-0.2, -0.15) is 0 Å². The molecule has 7 nitrogen and oxygen atoms in total. The topological polar surface area (TPSA) is 86.8 Å². The van der Waals surface area contributed by atoms with Gasteiger partial charge in [0.2, 0.25) is 21.8 Å². The van der Waals surface area contributed by atoms with Gasteiger partial charge in [-0.1, -0.05) is 72.6 Å². The predicted octanol–water partition coefficient (Wildman–Crippen LogP) is 6.09. The predicted molar refractivity (Wildman–Crippen MR) is 167 cm³/mol. The van der Waals surface area contributed by atoms with Gasteiger partial charge >= 0.3 is 0 Å². The van der Waals surface area contributed by atoms with Gasteiger partial charge in [-0.05, 0) is 67.3 Å². The molecule has 0 fully saturated rings. The average molecular weight is 619 g/mol. The van der Waals surface area contributed by atoms with Crippen LogP contribution in [0.2, 0.25) is 10.0 Å². The van der Waals surface area contributed by atoms with Crippen molar-refractivity contribution in [1.82, 2.24) is 10.2 Å². The fourth-order valence-corrected chi connectivity index (χ4v) is 5.61. The second-order valence-electron chi connectivity index (χ2n) is 10.1. The van der Waals surface area contributed by atoms with Crippen LogP contribution in [-0.4, -0.2) is 50.0 Å². The summed E-state index contributed by atoms with van der Waals surface area (Å²) in [6.45, 7) is 4.22. The molecule has 0 saturated heterocycles. The van der Waals surface area contributed by atoms with Gasteiger partial charge in [0.25, 0.3) is 0 Å². The van der Waals surface area contributed by atoms with Gasteiger partial charge in [-0.3, -0.25) is 13.9 Å². The molecular weight excluding hydrogens is 581 g/mol. The summed E-state index contributed by atoms with van der Waals surface area (Å²) in [5.41, 5.74) is 2.23. The fourth-order valence-electron chi connectivity index (χ4n) is 4.39. The SMILES string of the molecule is CCC(C)NC(=O)C(Cc1ccccc1)N(Cc1ccc(Cl)cc1)C(=O)CCCN(c1ccc(Cl)cc1)S(C)(=O)=O. The summed E-state index contributed by atoms with van der Waals surface area (Å²) < 4.78 is 26.4. The summed E-state index contributed by atoms with van der Waals surface area (Å²) in [5.74, 6) is -0.478. The molecule has 3 aromatic rings. The molecule has 0 saturated carbocycles. The van der Waals surface area contributed by atoms with E-state index < -0.39 is 16.1 Å². The number of benzene rings is 3. The normalized spacial score (nSPS) is 12.8. The van der Waals surface area contributed by atoms with Gasteiger partial charge in [-0.15, -0.1) is 0 Å². The first kappa shape index (κ1) is 32.4. The number of carbonyl (C=O) groups excluding carboxylic acids is 2. The van der Waals surface area contributed by atoms with Crippen LogP contribution in [0.15, 0.2) is 78.9 Å². The van der Waals surface area contributed by atoms with E-state index in [2.05, 4.69) is 5.32 Å². The third kappa shape index (κ3) is 10.1. The Hall–Kier alpha value is -3.07. The molecule has 220 valence electrons. The van der Waals surface area contributed by atoms with Gasteiger partial charge in [0, 0.05) is 42.0 Å². The lowest BCUT2D eigenvalue weighted by atomic mass is 10.0. The van der Waals surface area contributed by atoms with E-state index in [1.54, 1.807) is 41.3 Å². The van der Waals surface area contributed by atoms with E-state index in [1.807, 2.05) is 56.3 Å². The minimum absolute atomic E-state index is 0.0507. The van der Waals surface area contributed by atoms with Crippen LogP contribution >= 0.6 is 23.2 Å². The van der Waals surface area contributed by atoms with E-state index >= 15 is 0 Å². The molecule has 0 aliphatic rings. The molecule has 0 aliphatic carbocycles. The van der Waals surface area contributed by atoms with Crippen LogP contribution in [0, 0.1) is 0 Å². The first-order valence-electron chi connectivity index (χ1n) is 13.6. The number of hydrogen-bond acceptors (Lipinski definition) is 4. The third-order valence-corrected chi connectivity index (χ3v) is 8.50. The molecular formula is C31H37Cl2N3O4S. The largest absolute Gasteiger partial charge is 0.352 e. The van der Waals surface area contributed by atoms with Gasteiger partial charge in [0.1, 0.15) is 6.04 Å². The lowest BCUT2D eigenvalue weighted by molar-refractivity contribution is -0.141. The number of amides is 2. The standard InChI is InChI=1S/C31H37Cl2N3O4S/c1-4-23(2)34-31(38)29(21-24-9-6-5-7-10-24)35(22-25-12-14-26(32)15-13-25)30(37)11-8-20-36(41(3,39)40)28-18-16-27(33)17-19-28/h5-7,9-10,12-19,23,29H,4,8,11,20-22H2,1-3H3,(H,34,38). The summed E-state index contributed by atoms with van der Waals surface area (Å²) in [6.07, 6.45) is 2.53. The van der Waals surface area contributed by atoms with Crippen LogP contribution in [0.5, 0.6) is 0 Å². The van der Waals surface area contributed by atoms with Crippen LogP contribution in [0.1, 0.15) is 44.2 Å². The number of rotatable bonds is 14. The molecule has 0 aromatic heterocycles. The Balaban J connectivity index is 1.88. The first-order valence-corrected chi connectivity index (χ1v) is 16.2.